The summed E-state index contributed by atoms with van der Waals surface area (Å²) in [4.78, 5) is 23.7. The molecule has 0 bridgehead atoms. The van der Waals surface area contributed by atoms with E-state index in [1.54, 1.807) is 6.08 Å². The molecule has 0 amide bonds. The predicted octanol–water partition coefficient (Wildman–Crippen LogP) is 3.28. The molecule has 0 aliphatic carbocycles. The Hall–Kier alpha value is -2.35. The lowest BCUT2D eigenvalue weighted by atomic mass is 9.92. The molecule has 0 saturated heterocycles. The third-order valence-corrected chi connectivity index (χ3v) is 4.01. The first kappa shape index (κ1) is 20.0. The molecule has 0 aromatic heterocycles. The van der Waals surface area contributed by atoms with Gasteiger partial charge in [-0.3, -0.25) is 0 Å². The van der Waals surface area contributed by atoms with Gasteiger partial charge in [0.15, 0.2) is 0 Å². The molecule has 0 fully saturated rings. The minimum Gasteiger partial charge on any atom is -0.460 e. The summed E-state index contributed by atoms with van der Waals surface area (Å²) in [6.07, 6.45) is -3.15. The van der Waals surface area contributed by atoms with Crippen LogP contribution in [0.1, 0.15) is 25.3 Å². The van der Waals surface area contributed by atoms with E-state index in [0.29, 0.717) is 6.42 Å². The van der Waals surface area contributed by atoms with Crippen LogP contribution < -0.4 is 0 Å². The molecule has 2 rings (SSSR count). The molecule has 1 aromatic rings. The van der Waals surface area contributed by atoms with Crippen LogP contribution >= 0.6 is 0 Å². The number of cyclic esters (lactones) is 1. The molecule has 1 aromatic carbocycles. The molecule has 1 heterocycles. The number of carbonyl (C=O) groups is 2. The third kappa shape index (κ3) is 4.07. The summed E-state index contributed by atoms with van der Waals surface area (Å²) in [5.74, 6) is -2.10. The van der Waals surface area contributed by atoms with Gasteiger partial charge < -0.3 is 14.2 Å². The van der Waals surface area contributed by atoms with E-state index >= 15 is 0 Å². The molecule has 0 spiro atoms. The summed E-state index contributed by atoms with van der Waals surface area (Å²) >= 11 is 0. The highest BCUT2D eigenvalue weighted by atomic mass is 19.4. The molecule has 0 radical (unpaired) electrons. The minimum absolute atomic E-state index is 0.0776. The first-order valence-corrected chi connectivity index (χ1v) is 7.96. The van der Waals surface area contributed by atoms with E-state index in [1.807, 2.05) is 0 Å². The SMILES string of the molecule is CO[C@](C(=O)O[C@@H](C)C[C@H]1CC=CC(=O)O1)(c1ccccc1)C(F)(F)F. The second kappa shape index (κ2) is 7.90. The van der Waals surface area contributed by atoms with E-state index in [-0.39, 0.29) is 12.0 Å². The van der Waals surface area contributed by atoms with E-state index in [2.05, 4.69) is 4.74 Å². The van der Waals surface area contributed by atoms with Crippen molar-refractivity contribution in [3.8, 4) is 0 Å². The van der Waals surface area contributed by atoms with Crippen LogP contribution in [-0.2, 0) is 29.4 Å². The number of rotatable bonds is 6. The number of halogens is 3. The maximum Gasteiger partial charge on any atom is 0.432 e. The number of esters is 2. The Morgan fingerprint density at radius 1 is 1.31 bits per heavy atom. The summed E-state index contributed by atoms with van der Waals surface area (Å²) in [5, 5.41) is 0. The number of methoxy groups -OCH3 is 1. The smallest absolute Gasteiger partial charge is 0.432 e. The van der Waals surface area contributed by atoms with Gasteiger partial charge >= 0.3 is 18.1 Å². The number of carbonyl (C=O) groups excluding carboxylic acids is 2. The predicted molar refractivity (Wildman–Crippen MR) is 85.0 cm³/mol. The van der Waals surface area contributed by atoms with Crippen LogP contribution in [0, 0.1) is 0 Å². The van der Waals surface area contributed by atoms with Crippen molar-refractivity contribution in [2.45, 2.75) is 43.8 Å². The number of hydrogen-bond acceptors (Lipinski definition) is 5. The normalized spacial score (nSPS) is 20.8. The molecule has 142 valence electrons. The lowest BCUT2D eigenvalue weighted by molar-refractivity contribution is -0.278. The van der Waals surface area contributed by atoms with Crippen LogP contribution in [-0.4, -0.2) is 37.4 Å². The van der Waals surface area contributed by atoms with E-state index < -0.39 is 35.9 Å². The summed E-state index contributed by atoms with van der Waals surface area (Å²) in [7, 11) is 0.806. The fraction of sp³-hybridized carbons (Fsp3) is 0.444. The fourth-order valence-corrected chi connectivity index (χ4v) is 2.78. The fourth-order valence-electron chi connectivity index (χ4n) is 2.78. The van der Waals surface area contributed by atoms with E-state index in [0.717, 1.165) is 19.2 Å². The zero-order chi connectivity index (χ0) is 19.4. The van der Waals surface area contributed by atoms with Gasteiger partial charge in [-0.2, -0.15) is 13.2 Å². The van der Waals surface area contributed by atoms with Gasteiger partial charge in [-0.25, -0.2) is 9.59 Å². The van der Waals surface area contributed by atoms with Gasteiger partial charge in [-0.1, -0.05) is 36.4 Å². The van der Waals surface area contributed by atoms with E-state index in [9.17, 15) is 22.8 Å². The molecule has 0 N–H and O–H groups in total. The second-order valence-electron chi connectivity index (χ2n) is 5.90. The van der Waals surface area contributed by atoms with Crippen molar-refractivity contribution in [2.75, 3.05) is 7.11 Å². The standard InChI is InChI=1S/C18H19F3O5/c1-12(11-14-9-6-10-15(22)26-14)25-16(23)17(24-2,18(19,20)21)13-7-4-3-5-8-13/h3-8,10,12,14H,9,11H2,1-2H3/t12-,14+,17-/m0/s1. The van der Waals surface area contributed by atoms with Crippen LogP contribution in [0.4, 0.5) is 13.2 Å². The molecule has 1 aliphatic rings. The van der Waals surface area contributed by atoms with Crippen LogP contribution in [0.2, 0.25) is 0 Å². The second-order valence-corrected chi connectivity index (χ2v) is 5.90. The van der Waals surface area contributed by atoms with Crippen molar-refractivity contribution >= 4 is 11.9 Å². The van der Waals surface area contributed by atoms with Crippen LogP contribution in [0.15, 0.2) is 42.5 Å². The molecule has 0 saturated carbocycles. The molecule has 5 nitrogen and oxygen atoms in total. The summed E-state index contributed by atoms with van der Waals surface area (Å²) in [6.45, 7) is 1.44. The number of benzene rings is 1. The average Bonchev–Trinajstić information content (AvgIpc) is 2.55. The van der Waals surface area contributed by atoms with Gasteiger partial charge in [-0.15, -0.1) is 0 Å². The van der Waals surface area contributed by atoms with Gasteiger partial charge in [0.2, 0.25) is 0 Å². The summed E-state index contributed by atoms with van der Waals surface area (Å²) in [5.41, 5.74) is -3.61. The highest BCUT2D eigenvalue weighted by molar-refractivity contribution is 5.83. The Bertz CT molecular complexity index is 671. The molecule has 1 aliphatic heterocycles. The van der Waals surface area contributed by atoms with Gasteiger partial charge in [0.25, 0.3) is 5.60 Å². The molecule has 26 heavy (non-hydrogen) atoms. The number of ether oxygens (including phenoxy) is 3. The third-order valence-electron chi connectivity index (χ3n) is 4.01. The molecule has 3 atom stereocenters. The quantitative estimate of drug-likeness (QED) is 0.717. The monoisotopic (exact) mass is 372 g/mol. The van der Waals surface area contributed by atoms with Crippen LogP contribution in [0.25, 0.3) is 0 Å². The Morgan fingerprint density at radius 2 is 1.96 bits per heavy atom. The number of alkyl halides is 3. The van der Waals surface area contributed by atoms with Gasteiger partial charge in [0.1, 0.15) is 12.2 Å². The minimum atomic E-state index is -5.03. The van der Waals surface area contributed by atoms with Crippen molar-refractivity contribution in [3.63, 3.8) is 0 Å². The lowest BCUT2D eigenvalue weighted by Crippen LogP contribution is -2.52. The van der Waals surface area contributed by atoms with Crippen molar-refractivity contribution in [2.24, 2.45) is 0 Å². The Morgan fingerprint density at radius 3 is 2.50 bits per heavy atom. The number of hydrogen-bond donors (Lipinski definition) is 0. The van der Waals surface area contributed by atoms with Gasteiger partial charge in [0, 0.05) is 31.6 Å². The summed E-state index contributed by atoms with van der Waals surface area (Å²) in [6, 6.07) is 6.57. The van der Waals surface area contributed by atoms with Crippen molar-refractivity contribution < 1.29 is 37.0 Å². The zero-order valence-corrected chi connectivity index (χ0v) is 14.3. The molecule has 0 unspecified atom stereocenters. The van der Waals surface area contributed by atoms with Crippen LogP contribution in [0.5, 0.6) is 0 Å². The van der Waals surface area contributed by atoms with Crippen molar-refractivity contribution in [3.05, 3.63) is 48.0 Å². The largest absolute Gasteiger partial charge is 0.460 e. The molecular weight excluding hydrogens is 353 g/mol. The maximum atomic E-state index is 13.8. The molecule has 8 heteroatoms. The highest BCUT2D eigenvalue weighted by Crippen LogP contribution is 2.43. The highest BCUT2D eigenvalue weighted by Gasteiger charge is 2.64. The lowest BCUT2D eigenvalue weighted by Gasteiger charge is -2.33. The van der Waals surface area contributed by atoms with Crippen molar-refractivity contribution in [1.82, 2.24) is 0 Å². The van der Waals surface area contributed by atoms with Crippen molar-refractivity contribution in [1.29, 1.82) is 0 Å². The first-order valence-electron chi connectivity index (χ1n) is 7.96. The maximum absolute atomic E-state index is 13.8. The average molecular weight is 372 g/mol. The first-order chi connectivity index (χ1) is 12.2. The van der Waals surface area contributed by atoms with Crippen LogP contribution in [0.3, 0.4) is 0 Å². The Labute approximate surface area is 148 Å². The van der Waals surface area contributed by atoms with E-state index in [4.69, 9.17) is 9.47 Å². The zero-order valence-electron chi connectivity index (χ0n) is 14.3. The Balaban J connectivity index is 2.19. The summed E-state index contributed by atoms with van der Waals surface area (Å²) < 4.78 is 56.0. The Kier molecular flexibility index (Phi) is 6.07. The van der Waals surface area contributed by atoms with Gasteiger partial charge in [-0.05, 0) is 6.92 Å². The van der Waals surface area contributed by atoms with Gasteiger partial charge in [0.05, 0.1) is 0 Å². The molecular formula is C18H19F3O5. The topological polar surface area (TPSA) is 61.8 Å². The van der Waals surface area contributed by atoms with E-state index in [1.165, 1.54) is 31.2 Å².